The number of benzene rings is 3. The largest absolute Gasteiger partial charge is 0.311 e. The summed E-state index contributed by atoms with van der Waals surface area (Å²) in [6.07, 6.45) is 9.91. The molecule has 0 radical (unpaired) electrons. The van der Waals surface area contributed by atoms with Gasteiger partial charge in [-0.2, -0.15) is 5.26 Å². The SMILES string of the molecule is C=C/C(C)=C(\C=C/C)N(C(=C)/C=C\C(=C)C)c1cccc(-n2c3ccccc3c3cc(C#N)ccc32)c1. The average Bonchev–Trinajstić information content (AvgIpc) is 3.25. The summed E-state index contributed by atoms with van der Waals surface area (Å²) in [5.74, 6) is 0. The van der Waals surface area contributed by atoms with Crippen molar-refractivity contribution < 1.29 is 0 Å². The number of anilines is 1. The van der Waals surface area contributed by atoms with Crippen LogP contribution < -0.4 is 4.90 Å². The minimum Gasteiger partial charge on any atom is -0.311 e. The molecule has 0 aliphatic carbocycles. The van der Waals surface area contributed by atoms with E-state index in [1.54, 1.807) is 0 Å². The molecule has 0 aliphatic heterocycles. The van der Waals surface area contributed by atoms with E-state index in [4.69, 9.17) is 0 Å². The van der Waals surface area contributed by atoms with Crippen LogP contribution in [0.5, 0.6) is 0 Å². The van der Waals surface area contributed by atoms with Crippen molar-refractivity contribution in [1.29, 1.82) is 5.26 Å². The third-order valence-corrected chi connectivity index (χ3v) is 6.27. The minimum absolute atomic E-state index is 0.650. The van der Waals surface area contributed by atoms with Gasteiger partial charge in [0.25, 0.3) is 0 Å². The first-order chi connectivity index (χ1) is 17.9. The van der Waals surface area contributed by atoms with Crippen molar-refractivity contribution in [3.05, 3.63) is 145 Å². The zero-order valence-corrected chi connectivity index (χ0v) is 21.7. The number of fused-ring (bicyclic) bond motifs is 3. The first-order valence-corrected chi connectivity index (χ1v) is 12.2. The lowest BCUT2D eigenvalue weighted by molar-refractivity contribution is 1.11. The van der Waals surface area contributed by atoms with Gasteiger partial charge in [-0.15, -0.1) is 0 Å². The van der Waals surface area contributed by atoms with Gasteiger partial charge in [0, 0.05) is 33.5 Å². The van der Waals surface area contributed by atoms with Gasteiger partial charge in [-0.3, -0.25) is 0 Å². The van der Waals surface area contributed by atoms with Crippen LogP contribution in [0.3, 0.4) is 0 Å². The van der Waals surface area contributed by atoms with E-state index < -0.39 is 0 Å². The molecule has 0 aliphatic rings. The molecule has 0 amide bonds. The standard InChI is InChI=1S/C34H31N3/c1-7-12-32(25(5)8-2)36(26(6)18-17-24(3)4)28-13-11-14-29(22-28)37-33-16-10-9-15-30(33)31-21-27(23-35)19-20-34(31)37/h7-22H,2-3,6H2,1,4-5H3/b12-7-,18-17-,32-25+. The first kappa shape index (κ1) is 25.3. The summed E-state index contributed by atoms with van der Waals surface area (Å²) in [5, 5.41) is 11.7. The van der Waals surface area contributed by atoms with Gasteiger partial charge in [0.15, 0.2) is 0 Å². The number of hydrogen-bond donors (Lipinski definition) is 0. The average molecular weight is 482 g/mol. The number of allylic oxidation sites excluding steroid dienone is 7. The normalized spacial score (nSPS) is 12.2. The van der Waals surface area contributed by atoms with E-state index in [0.717, 1.165) is 55.7 Å². The monoisotopic (exact) mass is 481 g/mol. The summed E-state index contributed by atoms with van der Waals surface area (Å²) in [7, 11) is 0. The fraction of sp³-hybridized carbons (Fsp3) is 0.0882. The van der Waals surface area contributed by atoms with Crippen molar-refractivity contribution in [1.82, 2.24) is 4.57 Å². The Labute approximate surface area is 219 Å². The quantitative estimate of drug-likeness (QED) is 0.235. The van der Waals surface area contributed by atoms with Crippen LogP contribution in [0.15, 0.2) is 139 Å². The van der Waals surface area contributed by atoms with E-state index >= 15 is 0 Å². The lowest BCUT2D eigenvalue weighted by Gasteiger charge is -2.28. The molecule has 0 N–H and O–H groups in total. The van der Waals surface area contributed by atoms with Gasteiger partial charge in [-0.1, -0.05) is 67.8 Å². The summed E-state index contributed by atoms with van der Waals surface area (Å²) in [5.41, 5.74) is 8.58. The molecule has 0 saturated carbocycles. The predicted octanol–water partition coefficient (Wildman–Crippen LogP) is 9.14. The summed E-state index contributed by atoms with van der Waals surface area (Å²) < 4.78 is 2.25. The Bertz CT molecular complexity index is 1660. The van der Waals surface area contributed by atoms with E-state index in [1.165, 1.54) is 0 Å². The van der Waals surface area contributed by atoms with Gasteiger partial charge in [0.05, 0.1) is 22.7 Å². The number of rotatable bonds is 8. The number of nitrogens with zero attached hydrogens (tertiary/aromatic N) is 3. The smallest absolute Gasteiger partial charge is 0.0991 e. The zero-order chi connectivity index (χ0) is 26.5. The third-order valence-electron chi connectivity index (χ3n) is 6.27. The number of hydrogen-bond acceptors (Lipinski definition) is 2. The van der Waals surface area contributed by atoms with Crippen LogP contribution in [0.1, 0.15) is 26.3 Å². The fourth-order valence-corrected chi connectivity index (χ4v) is 4.51. The van der Waals surface area contributed by atoms with Gasteiger partial charge in [0.2, 0.25) is 0 Å². The van der Waals surface area contributed by atoms with Crippen LogP contribution in [0.4, 0.5) is 5.69 Å². The highest BCUT2D eigenvalue weighted by atomic mass is 15.2. The Morgan fingerprint density at radius 1 is 0.892 bits per heavy atom. The van der Waals surface area contributed by atoms with Crippen LogP contribution in [-0.4, -0.2) is 4.57 Å². The van der Waals surface area contributed by atoms with Crippen LogP contribution in [0, 0.1) is 11.3 Å². The molecule has 4 aromatic rings. The molecule has 0 bridgehead atoms. The highest BCUT2D eigenvalue weighted by molar-refractivity contribution is 6.09. The maximum absolute atomic E-state index is 9.48. The predicted molar refractivity (Wildman–Crippen MR) is 159 cm³/mol. The fourth-order valence-electron chi connectivity index (χ4n) is 4.51. The minimum atomic E-state index is 0.650. The number of nitriles is 1. The maximum Gasteiger partial charge on any atom is 0.0991 e. The molecule has 0 saturated heterocycles. The Kier molecular flexibility index (Phi) is 7.41. The zero-order valence-electron chi connectivity index (χ0n) is 21.7. The molecule has 3 heteroatoms. The van der Waals surface area contributed by atoms with E-state index in [9.17, 15) is 5.26 Å². The lowest BCUT2D eigenvalue weighted by atomic mass is 10.1. The van der Waals surface area contributed by atoms with Gasteiger partial charge >= 0.3 is 0 Å². The van der Waals surface area contributed by atoms with Crippen molar-refractivity contribution >= 4 is 27.5 Å². The molecule has 0 unspecified atom stereocenters. The van der Waals surface area contributed by atoms with Gasteiger partial charge in [-0.05, 0) is 81.0 Å². The van der Waals surface area contributed by atoms with Crippen molar-refractivity contribution in [2.75, 3.05) is 4.90 Å². The molecule has 0 atom stereocenters. The third kappa shape index (κ3) is 4.96. The van der Waals surface area contributed by atoms with Crippen LogP contribution in [0.2, 0.25) is 0 Å². The van der Waals surface area contributed by atoms with E-state index in [-0.39, 0.29) is 0 Å². The molecular formula is C34H31N3. The number of para-hydroxylation sites is 1. The molecule has 1 aromatic heterocycles. The summed E-state index contributed by atoms with van der Waals surface area (Å²) in [6, 6.07) is 24.9. The molecule has 0 spiro atoms. The van der Waals surface area contributed by atoms with Gasteiger partial charge in [0.1, 0.15) is 0 Å². The van der Waals surface area contributed by atoms with E-state index in [1.807, 2.05) is 68.5 Å². The summed E-state index contributed by atoms with van der Waals surface area (Å²) in [6.45, 7) is 18.4. The topological polar surface area (TPSA) is 32.0 Å². The van der Waals surface area contributed by atoms with Crippen LogP contribution in [-0.2, 0) is 0 Å². The highest BCUT2D eigenvalue weighted by Gasteiger charge is 2.17. The molecule has 3 nitrogen and oxygen atoms in total. The van der Waals surface area contributed by atoms with E-state index in [0.29, 0.717) is 5.56 Å². The van der Waals surface area contributed by atoms with Crippen molar-refractivity contribution in [2.24, 2.45) is 0 Å². The van der Waals surface area contributed by atoms with Gasteiger partial charge in [-0.25, -0.2) is 0 Å². The molecule has 4 rings (SSSR count). The Morgan fingerprint density at radius 2 is 1.65 bits per heavy atom. The molecule has 182 valence electrons. The van der Waals surface area contributed by atoms with Gasteiger partial charge < -0.3 is 9.47 Å². The first-order valence-electron chi connectivity index (χ1n) is 12.2. The van der Waals surface area contributed by atoms with Crippen molar-refractivity contribution in [3.8, 4) is 11.8 Å². The second-order valence-corrected chi connectivity index (χ2v) is 8.99. The highest BCUT2D eigenvalue weighted by Crippen LogP contribution is 2.35. The van der Waals surface area contributed by atoms with Crippen LogP contribution in [0.25, 0.3) is 27.5 Å². The van der Waals surface area contributed by atoms with Crippen LogP contribution >= 0.6 is 0 Å². The molecule has 0 fully saturated rings. The Morgan fingerprint density at radius 3 is 2.35 bits per heavy atom. The van der Waals surface area contributed by atoms with E-state index in [2.05, 4.69) is 84.7 Å². The van der Waals surface area contributed by atoms with Crippen molar-refractivity contribution in [2.45, 2.75) is 20.8 Å². The molecular weight excluding hydrogens is 450 g/mol. The lowest BCUT2D eigenvalue weighted by Crippen LogP contribution is -2.20. The number of aromatic nitrogens is 1. The van der Waals surface area contributed by atoms with Crippen molar-refractivity contribution in [3.63, 3.8) is 0 Å². The summed E-state index contributed by atoms with van der Waals surface area (Å²) in [4.78, 5) is 2.14. The maximum atomic E-state index is 9.48. The Hall–Kier alpha value is -4.81. The molecule has 3 aromatic carbocycles. The second-order valence-electron chi connectivity index (χ2n) is 8.99. The molecule has 37 heavy (non-hydrogen) atoms. The second kappa shape index (κ2) is 10.8. The molecule has 1 heterocycles. The summed E-state index contributed by atoms with van der Waals surface area (Å²) >= 11 is 0. The Balaban J connectivity index is 1.98.